The number of hydrogen-bond acceptors (Lipinski definition) is 4. The van der Waals surface area contributed by atoms with Crippen molar-refractivity contribution in [2.24, 2.45) is 0 Å². The van der Waals surface area contributed by atoms with Crippen LogP contribution in [0.5, 0.6) is 5.75 Å². The highest BCUT2D eigenvalue weighted by atomic mass is 35.5. The van der Waals surface area contributed by atoms with Gasteiger partial charge >= 0.3 is 0 Å². The summed E-state index contributed by atoms with van der Waals surface area (Å²) >= 11 is 12.0. The Morgan fingerprint density at radius 1 is 1.00 bits per heavy atom. The monoisotopic (exact) mass is 456 g/mol. The van der Waals surface area contributed by atoms with Crippen LogP contribution in [0.2, 0.25) is 10.0 Å². The minimum atomic E-state index is -3.57. The number of carbonyl (C=O) groups is 1. The molecule has 0 aliphatic heterocycles. The van der Waals surface area contributed by atoms with Gasteiger partial charge in [0.05, 0.1) is 20.6 Å². The maximum absolute atomic E-state index is 12.5. The molecule has 29 heavy (non-hydrogen) atoms. The third-order valence-electron chi connectivity index (χ3n) is 4.66. The van der Waals surface area contributed by atoms with Gasteiger partial charge in [-0.15, -0.1) is 0 Å². The summed E-state index contributed by atoms with van der Waals surface area (Å²) in [5.41, 5.74) is 0.319. The van der Waals surface area contributed by atoms with Crippen LogP contribution in [0.3, 0.4) is 0 Å². The van der Waals surface area contributed by atoms with Crippen molar-refractivity contribution in [1.29, 1.82) is 0 Å². The van der Waals surface area contributed by atoms with Crippen molar-refractivity contribution >= 4 is 44.8 Å². The lowest BCUT2D eigenvalue weighted by Gasteiger charge is -2.22. The molecule has 2 aromatic rings. The maximum atomic E-state index is 12.5. The average Bonchev–Trinajstić information content (AvgIpc) is 2.70. The Morgan fingerprint density at radius 2 is 1.62 bits per heavy atom. The van der Waals surface area contributed by atoms with E-state index in [1.165, 1.54) is 24.3 Å². The molecule has 1 fully saturated rings. The van der Waals surface area contributed by atoms with E-state index in [1.807, 2.05) is 0 Å². The van der Waals surface area contributed by atoms with Crippen molar-refractivity contribution in [2.45, 2.75) is 43.0 Å². The Kier molecular flexibility index (Phi) is 7.40. The van der Waals surface area contributed by atoms with E-state index in [9.17, 15) is 13.2 Å². The van der Waals surface area contributed by atoms with E-state index in [0.29, 0.717) is 21.5 Å². The molecule has 0 spiro atoms. The van der Waals surface area contributed by atoms with E-state index in [2.05, 4.69) is 10.0 Å². The first-order chi connectivity index (χ1) is 13.8. The van der Waals surface area contributed by atoms with Crippen molar-refractivity contribution in [2.75, 3.05) is 11.9 Å². The summed E-state index contributed by atoms with van der Waals surface area (Å²) in [6.45, 7) is -0.270. The van der Waals surface area contributed by atoms with Crippen LogP contribution in [0, 0.1) is 0 Å². The van der Waals surface area contributed by atoms with Gasteiger partial charge in [0.2, 0.25) is 10.0 Å². The molecular weight excluding hydrogens is 435 g/mol. The summed E-state index contributed by atoms with van der Waals surface area (Å²) in [5, 5.41) is 3.25. The van der Waals surface area contributed by atoms with Gasteiger partial charge in [-0.2, -0.15) is 0 Å². The highest BCUT2D eigenvalue weighted by Crippen LogP contribution is 2.29. The van der Waals surface area contributed by atoms with Crippen LogP contribution < -0.4 is 14.8 Å². The first-order valence-electron chi connectivity index (χ1n) is 9.34. The molecule has 9 heteroatoms. The van der Waals surface area contributed by atoms with Gasteiger partial charge in [-0.1, -0.05) is 48.5 Å². The van der Waals surface area contributed by atoms with Crippen LogP contribution in [0.4, 0.5) is 5.69 Å². The molecular formula is C20H22Cl2N2O4S. The van der Waals surface area contributed by atoms with Crippen LogP contribution in [0.1, 0.15) is 32.1 Å². The minimum absolute atomic E-state index is 0.00925. The molecule has 1 saturated carbocycles. The van der Waals surface area contributed by atoms with Gasteiger partial charge in [0, 0.05) is 6.04 Å². The summed E-state index contributed by atoms with van der Waals surface area (Å²) in [5.74, 6) is -0.0577. The molecule has 156 valence electrons. The average molecular weight is 457 g/mol. The van der Waals surface area contributed by atoms with Crippen molar-refractivity contribution in [3.8, 4) is 5.75 Å². The van der Waals surface area contributed by atoms with Gasteiger partial charge in [0.1, 0.15) is 5.75 Å². The number of anilines is 1. The van der Waals surface area contributed by atoms with Crippen LogP contribution in [-0.2, 0) is 14.8 Å². The topological polar surface area (TPSA) is 84.5 Å². The van der Waals surface area contributed by atoms with Crippen molar-refractivity contribution < 1.29 is 17.9 Å². The molecule has 1 amide bonds. The molecule has 0 heterocycles. The molecule has 0 atom stereocenters. The second-order valence-electron chi connectivity index (χ2n) is 6.86. The molecule has 1 aliphatic rings. The van der Waals surface area contributed by atoms with Gasteiger partial charge in [0.15, 0.2) is 6.61 Å². The van der Waals surface area contributed by atoms with Gasteiger partial charge in [-0.25, -0.2) is 13.1 Å². The molecule has 6 nitrogen and oxygen atoms in total. The Hall–Kier alpha value is -1.80. The SMILES string of the molecule is O=C(COc1ccc(S(=O)(=O)NC2CCCCC2)cc1)Nc1c(Cl)cccc1Cl. The lowest BCUT2D eigenvalue weighted by molar-refractivity contribution is -0.118. The second kappa shape index (κ2) is 9.80. The maximum Gasteiger partial charge on any atom is 0.262 e. The third-order valence-corrected chi connectivity index (χ3v) is 6.82. The van der Waals surface area contributed by atoms with Crippen molar-refractivity contribution in [3.63, 3.8) is 0 Å². The number of benzene rings is 2. The normalized spacial score (nSPS) is 15.1. The number of rotatable bonds is 7. The van der Waals surface area contributed by atoms with Crippen LogP contribution >= 0.6 is 23.2 Å². The summed E-state index contributed by atoms with van der Waals surface area (Å²) in [6.07, 6.45) is 4.97. The van der Waals surface area contributed by atoms with Gasteiger partial charge in [-0.05, 0) is 49.2 Å². The Bertz CT molecular complexity index is 939. The number of para-hydroxylation sites is 1. The lowest BCUT2D eigenvalue weighted by atomic mass is 9.96. The van der Waals surface area contributed by atoms with Gasteiger partial charge in [0.25, 0.3) is 5.91 Å². The fourth-order valence-corrected chi connectivity index (χ4v) is 4.96. The summed E-state index contributed by atoms with van der Waals surface area (Å²) in [4.78, 5) is 12.2. The molecule has 0 saturated heterocycles. The first kappa shape index (κ1) is 21.9. The number of nitrogens with one attached hydrogen (secondary N) is 2. The largest absolute Gasteiger partial charge is 0.484 e. The van der Waals surface area contributed by atoms with Crippen LogP contribution in [0.15, 0.2) is 47.4 Å². The zero-order chi connectivity index (χ0) is 20.9. The van der Waals surface area contributed by atoms with Gasteiger partial charge < -0.3 is 10.1 Å². The van der Waals surface area contributed by atoms with E-state index >= 15 is 0 Å². The Labute approximate surface area is 180 Å². The number of sulfonamides is 1. The first-order valence-corrected chi connectivity index (χ1v) is 11.6. The van der Waals surface area contributed by atoms with Crippen molar-refractivity contribution in [3.05, 3.63) is 52.5 Å². The fraction of sp³-hybridized carbons (Fsp3) is 0.350. The van der Waals surface area contributed by atoms with Crippen LogP contribution in [-0.4, -0.2) is 27.0 Å². The zero-order valence-corrected chi connectivity index (χ0v) is 18.0. The molecule has 0 bridgehead atoms. The molecule has 1 aliphatic carbocycles. The summed E-state index contributed by atoms with van der Waals surface area (Å²) in [7, 11) is -3.57. The molecule has 2 N–H and O–H groups in total. The predicted molar refractivity (Wildman–Crippen MR) is 114 cm³/mol. The second-order valence-corrected chi connectivity index (χ2v) is 9.39. The Balaban J connectivity index is 1.55. The quantitative estimate of drug-likeness (QED) is 0.636. The van der Waals surface area contributed by atoms with E-state index in [-0.39, 0.29) is 17.5 Å². The predicted octanol–water partition coefficient (Wildman–Crippen LogP) is 4.62. The van der Waals surface area contributed by atoms with E-state index in [0.717, 1.165) is 32.1 Å². The number of amides is 1. The van der Waals surface area contributed by atoms with E-state index < -0.39 is 15.9 Å². The van der Waals surface area contributed by atoms with Crippen LogP contribution in [0.25, 0.3) is 0 Å². The minimum Gasteiger partial charge on any atom is -0.484 e. The highest BCUT2D eigenvalue weighted by Gasteiger charge is 2.21. The Morgan fingerprint density at radius 3 is 2.24 bits per heavy atom. The van der Waals surface area contributed by atoms with Crippen molar-refractivity contribution in [1.82, 2.24) is 4.72 Å². The summed E-state index contributed by atoms with van der Waals surface area (Å²) < 4.78 is 33.2. The smallest absolute Gasteiger partial charge is 0.262 e. The van der Waals surface area contributed by atoms with E-state index in [4.69, 9.17) is 27.9 Å². The molecule has 2 aromatic carbocycles. The number of carbonyl (C=O) groups excluding carboxylic acids is 1. The molecule has 0 unspecified atom stereocenters. The molecule has 0 radical (unpaired) electrons. The molecule has 3 rings (SSSR count). The van der Waals surface area contributed by atoms with E-state index in [1.54, 1.807) is 18.2 Å². The number of hydrogen-bond donors (Lipinski definition) is 2. The number of ether oxygens (including phenoxy) is 1. The summed E-state index contributed by atoms with van der Waals surface area (Å²) in [6, 6.07) is 10.9. The standard InChI is InChI=1S/C20H22Cl2N2O4S/c21-17-7-4-8-18(22)20(17)23-19(25)13-28-15-9-11-16(12-10-15)29(26,27)24-14-5-2-1-3-6-14/h4,7-12,14,24H,1-3,5-6,13H2,(H,23,25). The molecule has 0 aromatic heterocycles. The highest BCUT2D eigenvalue weighted by molar-refractivity contribution is 7.89. The zero-order valence-electron chi connectivity index (χ0n) is 15.7. The van der Waals surface area contributed by atoms with Gasteiger partial charge in [-0.3, -0.25) is 4.79 Å². The number of halogens is 2. The fourth-order valence-electron chi connectivity index (χ4n) is 3.16. The lowest BCUT2D eigenvalue weighted by Crippen LogP contribution is -2.36. The third kappa shape index (κ3) is 6.09.